The fraction of sp³-hybridized carbons (Fsp3) is 0. The molecule has 0 fully saturated rings. The van der Waals surface area contributed by atoms with Gasteiger partial charge in [-0.25, -0.2) is 0 Å². The predicted octanol–water partition coefficient (Wildman–Crippen LogP) is 12.8. The number of nitriles is 1. The Labute approximate surface area is 301 Å². The van der Waals surface area contributed by atoms with Crippen molar-refractivity contribution in [3.63, 3.8) is 0 Å². The lowest BCUT2D eigenvalue weighted by atomic mass is 10.0. The fourth-order valence-corrected chi connectivity index (χ4v) is 7.83. The summed E-state index contributed by atoms with van der Waals surface area (Å²) in [6.45, 7) is 0. The van der Waals surface area contributed by atoms with Crippen LogP contribution in [0.25, 0.3) is 88.4 Å². The molecule has 3 heteroatoms. The van der Waals surface area contributed by atoms with Crippen LogP contribution in [0.1, 0.15) is 5.56 Å². The van der Waals surface area contributed by atoms with E-state index in [1.165, 1.54) is 65.9 Å². The molecule has 0 saturated carbocycles. The number of para-hydroxylation sites is 2. The maximum atomic E-state index is 9.22. The Morgan fingerprint density at radius 1 is 0.308 bits per heavy atom. The molecule has 242 valence electrons. The van der Waals surface area contributed by atoms with Gasteiger partial charge in [-0.1, -0.05) is 121 Å². The lowest BCUT2D eigenvalue weighted by molar-refractivity contribution is 1.18. The summed E-state index contributed by atoms with van der Waals surface area (Å²) in [7, 11) is 0. The van der Waals surface area contributed by atoms with Gasteiger partial charge >= 0.3 is 0 Å². The van der Waals surface area contributed by atoms with Crippen LogP contribution in [0.5, 0.6) is 0 Å². The summed E-state index contributed by atoms with van der Waals surface area (Å²) in [6.07, 6.45) is 0. The van der Waals surface area contributed by atoms with Crippen molar-refractivity contribution in [1.82, 2.24) is 9.13 Å². The first-order valence-electron chi connectivity index (χ1n) is 17.6. The molecule has 0 radical (unpaired) electrons. The zero-order valence-electron chi connectivity index (χ0n) is 28.2. The minimum absolute atomic E-state index is 0.667. The van der Waals surface area contributed by atoms with Gasteiger partial charge in [-0.15, -0.1) is 0 Å². The molecule has 10 aromatic rings. The molecule has 10 rings (SSSR count). The van der Waals surface area contributed by atoms with Crippen LogP contribution in [0, 0.1) is 11.3 Å². The van der Waals surface area contributed by atoms with Crippen molar-refractivity contribution in [3.8, 4) is 50.8 Å². The van der Waals surface area contributed by atoms with Crippen molar-refractivity contribution in [3.05, 3.63) is 194 Å². The first kappa shape index (κ1) is 29.7. The molecule has 0 aliphatic carbocycles. The van der Waals surface area contributed by atoms with E-state index >= 15 is 0 Å². The van der Waals surface area contributed by atoms with E-state index in [2.05, 4.69) is 179 Å². The van der Waals surface area contributed by atoms with E-state index in [1.54, 1.807) is 0 Å². The Hall–Kier alpha value is -7.15. The zero-order chi connectivity index (χ0) is 34.6. The molecule has 0 bridgehead atoms. The number of benzene rings is 8. The second-order valence-electron chi connectivity index (χ2n) is 13.3. The number of hydrogen-bond acceptors (Lipinski definition) is 1. The molecule has 0 aliphatic rings. The molecule has 3 nitrogen and oxygen atoms in total. The largest absolute Gasteiger partial charge is 0.309 e. The van der Waals surface area contributed by atoms with Gasteiger partial charge in [-0.2, -0.15) is 5.26 Å². The van der Waals surface area contributed by atoms with Crippen LogP contribution >= 0.6 is 0 Å². The highest BCUT2D eigenvalue weighted by Gasteiger charge is 2.16. The van der Waals surface area contributed by atoms with Crippen molar-refractivity contribution < 1.29 is 0 Å². The Morgan fingerprint density at radius 3 is 1.35 bits per heavy atom. The molecule has 2 aromatic heterocycles. The van der Waals surface area contributed by atoms with Gasteiger partial charge in [0.25, 0.3) is 0 Å². The van der Waals surface area contributed by atoms with E-state index in [0.29, 0.717) is 5.56 Å². The average molecular weight is 662 g/mol. The highest BCUT2D eigenvalue weighted by Crippen LogP contribution is 2.38. The molecule has 0 N–H and O–H groups in total. The van der Waals surface area contributed by atoms with Crippen LogP contribution in [-0.4, -0.2) is 9.13 Å². The van der Waals surface area contributed by atoms with Crippen LogP contribution in [0.4, 0.5) is 0 Å². The third-order valence-corrected chi connectivity index (χ3v) is 10.4. The van der Waals surface area contributed by atoms with E-state index in [4.69, 9.17) is 0 Å². The SMILES string of the molecule is N#Cc1ccc(-c2ccc(-n3c4ccccc4c4ccc(-c5ccc6c(c5)c5ccccc5n6-c5ccc(-c6ccccc6)cc5)cc43)cc2)cc1. The molecule has 8 aromatic carbocycles. The highest BCUT2D eigenvalue weighted by molar-refractivity contribution is 6.12. The van der Waals surface area contributed by atoms with Crippen molar-refractivity contribution in [1.29, 1.82) is 5.26 Å². The van der Waals surface area contributed by atoms with Gasteiger partial charge in [0, 0.05) is 32.9 Å². The average Bonchev–Trinajstić information content (AvgIpc) is 3.73. The van der Waals surface area contributed by atoms with E-state index < -0.39 is 0 Å². The number of hydrogen-bond donors (Lipinski definition) is 0. The van der Waals surface area contributed by atoms with Crippen LogP contribution in [0.2, 0.25) is 0 Å². The number of aromatic nitrogens is 2. The maximum absolute atomic E-state index is 9.22. The third-order valence-electron chi connectivity index (χ3n) is 10.4. The topological polar surface area (TPSA) is 33.6 Å². The summed E-state index contributed by atoms with van der Waals surface area (Å²) in [4.78, 5) is 0. The third kappa shape index (κ3) is 4.81. The number of fused-ring (bicyclic) bond motifs is 6. The lowest BCUT2D eigenvalue weighted by Gasteiger charge is -2.11. The van der Waals surface area contributed by atoms with Crippen molar-refractivity contribution in [2.45, 2.75) is 0 Å². The van der Waals surface area contributed by atoms with Crippen LogP contribution < -0.4 is 0 Å². The molecule has 0 unspecified atom stereocenters. The van der Waals surface area contributed by atoms with E-state index in [1.807, 2.05) is 24.3 Å². The molecular formula is C49H31N3. The summed E-state index contributed by atoms with van der Waals surface area (Å²) in [5, 5.41) is 14.2. The van der Waals surface area contributed by atoms with E-state index in [0.717, 1.165) is 22.5 Å². The van der Waals surface area contributed by atoms with Crippen molar-refractivity contribution in [2.24, 2.45) is 0 Å². The maximum Gasteiger partial charge on any atom is 0.0991 e. The summed E-state index contributed by atoms with van der Waals surface area (Å²) >= 11 is 0. The molecule has 52 heavy (non-hydrogen) atoms. The normalized spacial score (nSPS) is 11.4. The van der Waals surface area contributed by atoms with Gasteiger partial charge in [-0.3, -0.25) is 0 Å². The molecular weight excluding hydrogens is 631 g/mol. The van der Waals surface area contributed by atoms with Gasteiger partial charge in [-0.05, 0) is 100 Å². The van der Waals surface area contributed by atoms with Crippen LogP contribution in [0.15, 0.2) is 188 Å². The summed E-state index contributed by atoms with van der Waals surface area (Å²) in [5.74, 6) is 0. The smallest absolute Gasteiger partial charge is 0.0991 e. The molecule has 2 heterocycles. The minimum Gasteiger partial charge on any atom is -0.309 e. The first-order valence-corrected chi connectivity index (χ1v) is 17.6. The quantitative estimate of drug-likeness (QED) is 0.181. The standard InChI is InChI=1S/C49H31N3/c50-32-33-14-16-35(17-15-33)37-20-26-41(27-21-37)52-46-12-6-4-10-42(46)44-28-22-39(31-49(44)52)38-23-29-48-45(30-38)43-11-5-7-13-47(43)51(48)40-24-18-36(19-25-40)34-8-2-1-3-9-34/h1-31H. The molecule has 0 atom stereocenters. The molecule has 0 amide bonds. The Balaban J connectivity index is 1.09. The predicted molar refractivity (Wildman–Crippen MR) is 216 cm³/mol. The number of nitrogens with zero attached hydrogens (tertiary/aromatic N) is 3. The molecule has 0 aliphatic heterocycles. The molecule has 0 spiro atoms. The van der Waals surface area contributed by atoms with Crippen LogP contribution in [0.3, 0.4) is 0 Å². The van der Waals surface area contributed by atoms with Gasteiger partial charge in [0.1, 0.15) is 0 Å². The Morgan fingerprint density at radius 2 is 0.731 bits per heavy atom. The van der Waals surface area contributed by atoms with Gasteiger partial charge in [0.2, 0.25) is 0 Å². The second-order valence-corrected chi connectivity index (χ2v) is 13.3. The fourth-order valence-electron chi connectivity index (χ4n) is 7.83. The van der Waals surface area contributed by atoms with Gasteiger partial charge < -0.3 is 9.13 Å². The lowest BCUT2D eigenvalue weighted by Crippen LogP contribution is -1.94. The zero-order valence-corrected chi connectivity index (χ0v) is 28.2. The monoisotopic (exact) mass is 661 g/mol. The minimum atomic E-state index is 0.667. The summed E-state index contributed by atoms with van der Waals surface area (Å²) < 4.78 is 4.76. The first-order chi connectivity index (χ1) is 25.7. The Kier molecular flexibility index (Phi) is 6.87. The summed E-state index contributed by atoms with van der Waals surface area (Å²) in [6, 6.07) is 69.3. The van der Waals surface area contributed by atoms with E-state index in [-0.39, 0.29) is 0 Å². The van der Waals surface area contributed by atoms with Crippen LogP contribution in [-0.2, 0) is 0 Å². The van der Waals surface area contributed by atoms with E-state index in [9.17, 15) is 5.26 Å². The van der Waals surface area contributed by atoms with Crippen molar-refractivity contribution in [2.75, 3.05) is 0 Å². The number of rotatable bonds is 5. The van der Waals surface area contributed by atoms with Crippen molar-refractivity contribution >= 4 is 43.6 Å². The Bertz CT molecular complexity index is 2980. The second kappa shape index (κ2) is 12.0. The van der Waals surface area contributed by atoms with Gasteiger partial charge in [0.15, 0.2) is 0 Å². The molecule has 0 saturated heterocycles. The highest BCUT2D eigenvalue weighted by atomic mass is 15.0. The van der Waals surface area contributed by atoms with Gasteiger partial charge in [0.05, 0.1) is 33.7 Å². The summed E-state index contributed by atoms with van der Waals surface area (Å²) in [5.41, 5.74) is 14.7.